The number of likely N-dealkylation sites (tertiary alicyclic amines) is 1. The van der Waals surface area contributed by atoms with Crippen LogP contribution in [-0.4, -0.2) is 37.9 Å². The van der Waals surface area contributed by atoms with E-state index in [2.05, 4.69) is 23.5 Å². The molecule has 0 N–H and O–H groups in total. The minimum absolute atomic E-state index is 0.0411. The number of aromatic nitrogens is 3. The number of piperidine rings is 1. The molecule has 1 aliphatic rings. The number of hydrogen-bond acceptors (Lipinski definition) is 4. The highest BCUT2D eigenvalue weighted by Crippen LogP contribution is 2.28. The molecule has 1 aliphatic heterocycles. The summed E-state index contributed by atoms with van der Waals surface area (Å²) >= 11 is 0. The van der Waals surface area contributed by atoms with Crippen molar-refractivity contribution in [3.8, 4) is 0 Å². The number of hydrogen-bond donors (Lipinski definition) is 0. The van der Waals surface area contributed by atoms with Gasteiger partial charge in [-0.1, -0.05) is 24.8 Å². The molecule has 1 fully saturated rings. The first-order valence-electron chi connectivity index (χ1n) is 9.76. The molecular formula is C21H29FN4O2. The van der Waals surface area contributed by atoms with Crippen molar-refractivity contribution < 1.29 is 9.13 Å². The summed E-state index contributed by atoms with van der Waals surface area (Å²) in [7, 11) is 1.73. The Morgan fingerprint density at radius 1 is 1.32 bits per heavy atom. The lowest BCUT2D eigenvalue weighted by atomic mass is 9.97. The van der Waals surface area contributed by atoms with Crippen molar-refractivity contribution in [2.75, 3.05) is 6.54 Å². The predicted molar refractivity (Wildman–Crippen MR) is 106 cm³/mol. The van der Waals surface area contributed by atoms with Gasteiger partial charge in [-0.15, -0.1) is 0 Å². The Labute approximate surface area is 165 Å². The van der Waals surface area contributed by atoms with E-state index < -0.39 is 0 Å². The standard InChI is InChI=1S/C21H29FN4O2/c1-15-12-19(28-14-18-8-5-6-9-20(18)22)13-16(2)25(15)10-7-11-26-21(27)24(4)17(3)23-26/h5-6,8-9,16,19H,1,7,10-14H2,2-4H3. The van der Waals surface area contributed by atoms with Gasteiger partial charge in [0.1, 0.15) is 11.6 Å². The van der Waals surface area contributed by atoms with Crippen molar-refractivity contribution >= 4 is 0 Å². The molecule has 28 heavy (non-hydrogen) atoms. The van der Waals surface area contributed by atoms with Crippen molar-refractivity contribution in [1.29, 1.82) is 0 Å². The predicted octanol–water partition coefficient (Wildman–Crippen LogP) is 3.00. The quantitative estimate of drug-likeness (QED) is 0.732. The Balaban J connectivity index is 1.49. The van der Waals surface area contributed by atoms with Crippen LogP contribution in [0.5, 0.6) is 0 Å². The SMILES string of the molecule is C=C1CC(OCc2ccccc2F)CC(C)N1CCCn1nc(C)n(C)c1=O. The maximum absolute atomic E-state index is 13.8. The fourth-order valence-electron chi connectivity index (χ4n) is 3.74. The third-order valence-corrected chi connectivity index (χ3v) is 5.47. The van der Waals surface area contributed by atoms with Crippen molar-refractivity contribution in [2.45, 2.75) is 58.4 Å². The second-order valence-corrected chi connectivity index (χ2v) is 7.54. The maximum Gasteiger partial charge on any atom is 0.345 e. The van der Waals surface area contributed by atoms with E-state index >= 15 is 0 Å². The van der Waals surface area contributed by atoms with Crippen LogP contribution < -0.4 is 5.69 Å². The number of halogens is 1. The van der Waals surface area contributed by atoms with Gasteiger partial charge >= 0.3 is 5.69 Å². The highest BCUT2D eigenvalue weighted by molar-refractivity contribution is 5.16. The van der Waals surface area contributed by atoms with Gasteiger partial charge in [-0.25, -0.2) is 13.9 Å². The number of nitrogens with zero attached hydrogens (tertiary/aromatic N) is 4. The zero-order valence-corrected chi connectivity index (χ0v) is 16.9. The Bertz CT molecular complexity index is 889. The number of rotatable bonds is 7. The van der Waals surface area contributed by atoms with E-state index in [-0.39, 0.29) is 30.3 Å². The average Bonchev–Trinajstić information content (AvgIpc) is 2.90. The lowest BCUT2D eigenvalue weighted by Crippen LogP contribution is -2.42. The smallest absolute Gasteiger partial charge is 0.345 e. The number of aryl methyl sites for hydroxylation is 2. The molecule has 1 aromatic heterocycles. The third kappa shape index (κ3) is 4.52. The van der Waals surface area contributed by atoms with Crippen LogP contribution >= 0.6 is 0 Å². The molecule has 0 amide bonds. The highest BCUT2D eigenvalue weighted by Gasteiger charge is 2.28. The second-order valence-electron chi connectivity index (χ2n) is 7.54. The normalized spacial score (nSPS) is 20.0. The van der Waals surface area contributed by atoms with Crippen LogP contribution in [0.15, 0.2) is 41.3 Å². The van der Waals surface area contributed by atoms with Gasteiger partial charge < -0.3 is 9.64 Å². The van der Waals surface area contributed by atoms with Gasteiger partial charge in [0.05, 0.1) is 12.7 Å². The summed E-state index contributed by atoms with van der Waals surface area (Å²) in [5.41, 5.74) is 1.53. The molecule has 0 saturated carbocycles. The lowest BCUT2D eigenvalue weighted by molar-refractivity contribution is -0.00438. The summed E-state index contributed by atoms with van der Waals surface area (Å²) in [6.07, 6.45) is 2.47. The van der Waals surface area contributed by atoms with Crippen molar-refractivity contribution in [3.63, 3.8) is 0 Å². The summed E-state index contributed by atoms with van der Waals surface area (Å²) < 4.78 is 22.8. The lowest BCUT2D eigenvalue weighted by Gasteiger charge is -2.40. The topological polar surface area (TPSA) is 52.3 Å². The molecule has 0 spiro atoms. The van der Waals surface area contributed by atoms with E-state index in [1.165, 1.54) is 10.7 Å². The van der Waals surface area contributed by atoms with E-state index in [0.29, 0.717) is 12.1 Å². The monoisotopic (exact) mass is 388 g/mol. The van der Waals surface area contributed by atoms with Crippen LogP contribution in [0, 0.1) is 12.7 Å². The van der Waals surface area contributed by atoms with E-state index in [1.54, 1.807) is 23.7 Å². The minimum Gasteiger partial charge on any atom is -0.373 e. The summed E-state index contributed by atoms with van der Waals surface area (Å²) in [5.74, 6) is 0.488. The van der Waals surface area contributed by atoms with Crippen LogP contribution in [-0.2, 0) is 24.9 Å². The molecule has 2 atom stereocenters. The van der Waals surface area contributed by atoms with Crippen molar-refractivity contribution in [2.24, 2.45) is 7.05 Å². The largest absolute Gasteiger partial charge is 0.373 e. The summed E-state index contributed by atoms with van der Waals surface area (Å²) in [4.78, 5) is 14.3. The first kappa shape index (κ1) is 20.3. The van der Waals surface area contributed by atoms with E-state index in [4.69, 9.17) is 4.74 Å². The van der Waals surface area contributed by atoms with Crippen LogP contribution in [0.2, 0.25) is 0 Å². The molecule has 2 aromatic rings. The molecule has 0 radical (unpaired) electrons. The Morgan fingerprint density at radius 2 is 2.07 bits per heavy atom. The van der Waals surface area contributed by atoms with Gasteiger partial charge in [0.2, 0.25) is 0 Å². The van der Waals surface area contributed by atoms with E-state index in [9.17, 15) is 9.18 Å². The van der Waals surface area contributed by atoms with E-state index in [0.717, 1.165) is 37.3 Å². The fraction of sp³-hybridized carbons (Fsp3) is 0.524. The van der Waals surface area contributed by atoms with Crippen LogP contribution in [0.3, 0.4) is 0 Å². The molecule has 2 unspecified atom stereocenters. The number of ether oxygens (including phenoxy) is 1. The molecule has 1 aromatic carbocycles. The van der Waals surface area contributed by atoms with Crippen molar-refractivity contribution in [1.82, 2.24) is 19.2 Å². The molecule has 152 valence electrons. The zero-order valence-electron chi connectivity index (χ0n) is 16.9. The Hall–Kier alpha value is -2.41. The average molecular weight is 388 g/mol. The van der Waals surface area contributed by atoms with Gasteiger partial charge in [0, 0.05) is 43.9 Å². The Kier molecular flexibility index (Phi) is 6.34. The maximum atomic E-state index is 13.8. The van der Waals surface area contributed by atoms with Crippen LogP contribution in [0.1, 0.15) is 37.6 Å². The number of benzene rings is 1. The van der Waals surface area contributed by atoms with Gasteiger partial charge in [-0.3, -0.25) is 4.57 Å². The van der Waals surface area contributed by atoms with Crippen LogP contribution in [0.25, 0.3) is 0 Å². The minimum atomic E-state index is -0.230. The third-order valence-electron chi connectivity index (χ3n) is 5.47. The first-order chi connectivity index (χ1) is 13.4. The molecule has 0 aliphatic carbocycles. The van der Waals surface area contributed by atoms with Gasteiger partial charge in [0.15, 0.2) is 0 Å². The van der Waals surface area contributed by atoms with Crippen LogP contribution in [0.4, 0.5) is 4.39 Å². The molecule has 3 rings (SSSR count). The summed E-state index contributed by atoms with van der Waals surface area (Å²) in [6.45, 7) is 9.88. The van der Waals surface area contributed by atoms with E-state index in [1.807, 2.05) is 13.0 Å². The summed E-state index contributed by atoms with van der Waals surface area (Å²) in [6, 6.07) is 7.00. The molecule has 2 heterocycles. The van der Waals surface area contributed by atoms with Gasteiger partial charge in [-0.2, -0.15) is 5.10 Å². The fourth-order valence-corrected chi connectivity index (χ4v) is 3.74. The molecule has 7 heteroatoms. The van der Waals surface area contributed by atoms with Crippen molar-refractivity contribution in [3.05, 3.63) is 64.2 Å². The molecule has 0 bridgehead atoms. The molecule has 1 saturated heterocycles. The van der Waals surface area contributed by atoms with Gasteiger partial charge in [0.25, 0.3) is 0 Å². The second kappa shape index (κ2) is 8.73. The first-order valence-corrected chi connectivity index (χ1v) is 9.76. The van der Waals surface area contributed by atoms with Gasteiger partial charge in [-0.05, 0) is 32.8 Å². The zero-order chi connectivity index (χ0) is 20.3. The Morgan fingerprint density at radius 3 is 2.71 bits per heavy atom. The summed E-state index contributed by atoms with van der Waals surface area (Å²) in [5, 5.41) is 4.28. The highest BCUT2D eigenvalue weighted by atomic mass is 19.1. The molecule has 6 nitrogen and oxygen atoms in total. The molecular weight excluding hydrogens is 359 g/mol.